The van der Waals surface area contributed by atoms with Crippen LogP contribution in [0.15, 0.2) is 42.5 Å². The molecule has 0 bridgehead atoms. The smallest absolute Gasteiger partial charge is 0.251 e. The Morgan fingerprint density at radius 1 is 1.29 bits per heavy atom. The van der Waals surface area contributed by atoms with Crippen molar-refractivity contribution in [1.82, 2.24) is 10.6 Å². The van der Waals surface area contributed by atoms with Crippen molar-refractivity contribution in [3.05, 3.63) is 48.0 Å². The van der Waals surface area contributed by atoms with Crippen LogP contribution in [0.3, 0.4) is 0 Å². The van der Waals surface area contributed by atoms with Gasteiger partial charge in [-0.25, -0.2) is 0 Å². The molecule has 24 heavy (non-hydrogen) atoms. The van der Waals surface area contributed by atoms with E-state index in [0.717, 1.165) is 16.3 Å². The van der Waals surface area contributed by atoms with Crippen molar-refractivity contribution in [1.29, 1.82) is 0 Å². The fraction of sp³-hybridized carbons (Fsp3) is 0.421. The van der Waals surface area contributed by atoms with Crippen molar-refractivity contribution >= 4 is 16.7 Å². The number of nitrogens with one attached hydrogen (secondary N) is 2. The third-order valence-electron chi connectivity index (χ3n) is 4.50. The van der Waals surface area contributed by atoms with Crippen LogP contribution in [0, 0.1) is 0 Å². The summed E-state index contributed by atoms with van der Waals surface area (Å²) >= 11 is 0. The van der Waals surface area contributed by atoms with Crippen LogP contribution in [-0.2, 0) is 15.1 Å². The van der Waals surface area contributed by atoms with Crippen LogP contribution >= 0.6 is 0 Å². The summed E-state index contributed by atoms with van der Waals surface area (Å²) < 4.78 is 5.58. The molecule has 2 atom stereocenters. The molecule has 1 aliphatic heterocycles. The highest BCUT2D eigenvalue weighted by Gasteiger charge is 2.31. The molecular weight excluding hydrogens is 304 g/mol. The summed E-state index contributed by atoms with van der Waals surface area (Å²) in [6.07, 6.45) is -0.540. The highest BCUT2D eigenvalue weighted by Crippen LogP contribution is 2.28. The molecule has 2 aromatic carbocycles. The zero-order chi connectivity index (χ0) is 17.2. The fourth-order valence-electron chi connectivity index (χ4n) is 3.14. The van der Waals surface area contributed by atoms with Gasteiger partial charge in [0.05, 0.1) is 24.8 Å². The van der Waals surface area contributed by atoms with E-state index in [4.69, 9.17) is 9.84 Å². The quantitative estimate of drug-likeness (QED) is 0.796. The Morgan fingerprint density at radius 2 is 2.04 bits per heavy atom. The second-order valence-electron chi connectivity index (χ2n) is 6.75. The number of morpholine rings is 1. The van der Waals surface area contributed by atoms with E-state index in [1.165, 1.54) is 0 Å². The van der Waals surface area contributed by atoms with Crippen LogP contribution in [0.1, 0.15) is 19.4 Å². The van der Waals surface area contributed by atoms with Gasteiger partial charge in [-0.3, -0.25) is 4.79 Å². The molecule has 1 fully saturated rings. The molecule has 0 aliphatic carbocycles. The van der Waals surface area contributed by atoms with Crippen LogP contribution in [0.5, 0.6) is 0 Å². The number of fused-ring (bicyclic) bond motifs is 1. The minimum absolute atomic E-state index is 0.00976. The first-order valence-corrected chi connectivity index (χ1v) is 8.27. The molecule has 1 amide bonds. The Hall–Kier alpha value is -1.95. The number of hydrogen-bond acceptors (Lipinski definition) is 4. The molecule has 0 aromatic heterocycles. The average molecular weight is 328 g/mol. The van der Waals surface area contributed by atoms with Gasteiger partial charge in [-0.05, 0) is 30.2 Å². The summed E-state index contributed by atoms with van der Waals surface area (Å²) in [7, 11) is 0. The lowest BCUT2D eigenvalue weighted by atomic mass is 9.89. The predicted octanol–water partition coefficient (Wildman–Crippen LogP) is 1.54. The van der Waals surface area contributed by atoms with Crippen molar-refractivity contribution in [3.8, 4) is 0 Å². The number of carbonyl (C=O) groups is 1. The van der Waals surface area contributed by atoms with Gasteiger partial charge in [0.15, 0.2) is 0 Å². The summed E-state index contributed by atoms with van der Waals surface area (Å²) in [5.41, 5.74) is 0.556. The highest BCUT2D eigenvalue weighted by molar-refractivity contribution is 5.88. The van der Waals surface area contributed by atoms with Gasteiger partial charge < -0.3 is 20.5 Å². The van der Waals surface area contributed by atoms with E-state index in [-0.39, 0.29) is 18.6 Å². The molecule has 128 valence electrons. The van der Waals surface area contributed by atoms with Crippen LogP contribution in [0.2, 0.25) is 0 Å². The van der Waals surface area contributed by atoms with Gasteiger partial charge in [0.2, 0.25) is 0 Å². The van der Waals surface area contributed by atoms with E-state index in [0.29, 0.717) is 13.2 Å². The SMILES string of the molecule is CC(C)(NC(=O)[C@@H]1CN[C@@H](CO)CO1)c1cccc2ccccc12. The standard InChI is InChI=1S/C19H24N2O3/c1-19(2,16-9-5-7-13-6-3-4-8-15(13)16)21-18(23)17-10-20-14(11-22)12-24-17/h3-9,14,17,20,22H,10-12H2,1-2H3,(H,21,23)/t14-,17-/m0/s1. The van der Waals surface area contributed by atoms with Crippen molar-refractivity contribution in [2.45, 2.75) is 31.5 Å². The number of ether oxygens (including phenoxy) is 1. The van der Waals surface area contributed by atoms with Crippen molar-refractivity contribution in [2.75, 3.05) is 19.8 Å². The summed E-state index contributed by atoms with van der Waals surface area (Å²) in [4.78, 5) is 12.6. The second kappa shape index (κ2) is 6.89. The molecule has 1 aliphatic rings. The van der Waals surface area contributed by atoms with Gasteiger partial charge in [-0.15, -0.1) is 0 Å². The topological polar surface area (TPSA) is 70.6 Å². The summed E-state index contributed by atoms with van der Waals surface area (Å²) in [6, 6.07) is 14.2. The molecule has 3 rings (SSSR count). The number of carbonyl (C=O) groups excluding carboxylic acids is 1. The summed E-state index contributed by atoms with van der Waals surface area (Å²) in [5, 5.41) is 17.6. The first-order valence-electron chi connectivity index (χ1n) is 8.27. The van der Waals surface area contributed by atoms with Gasteiger partial charge in [0.1, 0.15) is 6.10 Å². The number of amides is 1. The zero-order valence-electron chi connectivity index (χ0n) is 14.1. The number of aliphatic hydroxyl groups is 1. The van der Waals surface area contributed by atoms with E-state index < -0.39 is 11.6 Å². The molecule has 1 heterocycles. The van der Waals surface area contributed by atoms with Gasteiger partial charge in [0, 0.05) is 6.54 Å². The normalized spacial score (nSPS) is 21.6. The maximum absolute atomic E-state index is 12.6. The van der Waals surface area contributed by atoms with Crippen LogP contribution in [-0.4, -0.2) is 42.9 Å². The van der Waals surface area contributed by atoms with Gasteiger partial charge >= 0.3 is 0 Å². The first kappa shape index (κ1) is 16.9. The third-order valence-corrected chi connectivity index (χ3v) is 4.50. The molecule has 0 spiro atoms. The van der Waals surface area contributed by atoms with E-state index in [1.54, 1.807) is 0 Å². The van der Waals surface area contributed by atoms with Gasteiger partial charge in [-0.2, -0.15) is 0 Å². The molecular formula is C19H24N2O3. The lowest BCUT2D eigenvalue weighted by molar-refractivity contribution is -0.137. The molecule has 3 N–H and O–H groups in total. The lowest BCUT2D eigenvalue weighted by Gasteiger charge is -2.33. The van der Waals surface area contributed by atoms with Crippen molar-refractivity contribution in [2.24, 2.45) is 0 Å². The van der Waals surface area contributed by atoms with Crippen LogP contribution in [0.25, 0.3) is 10.8 Å². The second-order valence-corrected chi connectivity index (χ2v) is 6.75. The Kier molecular flexibility index (Phi) is 4.85. The predicted molar refractivity (Wildman–Crippen MR) is 93.7 cm³/mol. The van der Waals surface area contributed by atoms with Crippen molar-refractivity contribution < 1.29 is 14.6 Å². The minimum Gasteiger partial charge on any atom is -0.395 e. The molecule has 1 saturated heterocycles. The van der Waals surface area contributed by atoms with E-state index >= 15 is 0 Å². The first-order chi connectivity index (χ1) is 11.5. The minimum atomic E-state index is -0.540. The number of hydrogen-bond donors (Lipinski definition) is 3. The highest BCUT2D eigenvalue weighted by atomic mass is 16.5. The Morgan fingerprint density at radius 3 is 2.75 bits per heavy atom. The summed E-state index contributed by atoms with van der Waals surface area (Å²) in [6.45, 7) is 4.75. The maximum Gasteiger partial charge on any atom is 0.251 e. The fourth-order valence-corrected chi connectivity index (χ4v) is 3.14. The van der Waals surface area contributed by atoms with Gasteiger partial charge in [0.25, 0.3) is 5.91 Å². The zero-order valence-corrected chi connectivity index (χ0v) is 14.1. The van der Waals surface area contributed by atoms with Crippen molar-refractivity contribution in [3.63, 3.8) is 0 Å². The number of benzene rings is 2. The van der Waals surface area contributed by atoms with Gasteiger partial charge in [-0.1, -0.05) is 42.5 Å². The van der Waals surface area contributed by atoms with E-state index in [1.807, 2.05) is 38.1 Å². The maximum atomic E-state index is 12.6. The monoisotopic (exact) mass is 328 g/mol. The molecule has 0 unspecified atom stereocenters. The summed E-state index contributed by atoms with van der Waals surface area (Å²) in [5.74, 6) is -0.142. The van der Waals surface area contributed by atoms with Crippen LogP contribution < -0.4 is 10.6 Å². The molecule has 5 nitrogen and oxygen atoms in total. The van der Waals surface area contributed by atoms with E-state index in [9.17, 15) is 4.79 Å². The average Bonchev–Trinajstić information content (AvgIpc) is 2.61. The largest absolute Gasteiger partial charge is 0.395 e. The molecule has 0 radical (unpaired) electrons. The number of rotatable bonds is 4. The number of aliphatic hydroxyl groups excluding tert-OH is 1. The lowest BCUT2D eigenvalue weighted by Crippen LogP contribution is -2.56. The Bertz CT molecular complexity index is 716. The molecule has 5 heteroatoms. The van der Waals surface area contributed by atoms with E-state index in [2.05, 4.69) is 28.8 Å². The Balaban J connectivity index is 1.77. The van der Waals surface area contributed by atoms with Crippen LogP contribution in [0.4, 0.5) is 0 Å². The third kappa shape index (κ3) is 3.43. The Labute approximate surface area is 142 Å². The molecule has 0 saturated carbocycles. The molecule has 2 aromatic rings.